The maximum absolute atomic E-state index is 13.0. The van der Waals surface area contributed by atoms with Crippen molar-refractivity contribution < 1.29 is 9.59 Å². The maximum Gasteiger partial charge on any atom is 0.251 e. The minimum Gasteiger partial charge on any atom is -0.352 e. The highest BCUT2D eigenvalue weighted by Gasteiger charge is 2.22. The highest BCUT2D eigenvalue weighted by Crippen LogP contribution is 2.36. The second-order valence-corrected chi connectivity index (χ2v) is 7.33. The van der Waals surface area contributed by atoms with Crippen LogP contribution in [0.25, 0.3) is 0 Å². The summed E-state index contributed by atoms with van der Waals surface area (Å²) in [5, 5.41) is 5.34. The van der Waals surface area contributed by atoms with E-state index in [9.17, 15) is 9.59 Å². The molecule has 0 aliphatic carbocycles. The molecule has 3 aromatic rings. The summed E-state index contributed by atoms with van der Waals surface area (Å²) in [5.41, 5.74) is 2.17. The first-order valence-electron chi connectivity index (χ1n) is 9.13. The molecule has 0 bridgehead atoms. The average molecular weight is 391 g/mol. The standard InChI is InChI=1S/C23H22N2O2S/c1-2-24-22(26)18-13-15-19(16-14-18)25-23(27)21(17-9-5-3-6-10-17)28-20-11-7-4-8-12-20/h3-16,21H,2H2,1H3,(H,24,26)(H,25,27). The van der Waals surface area contributed by atoms with Crippen molar-refractivity contribution in [2.24, 2.45) is 0 Å². The third-order valence-corrected chi connectivity index (χ3v) is 5.36. The molecule has 3 rings (SSSR count). The van der Waals surface area contributed by atoms with Crippen LogP contribution in [0.4, 0.5) is 5.69 Å². The van der Waals surface area contributed by atoms with Crippen LogP contribution in [0.3, 0.4) is 0 Å². The van der Waals surface area contributed by atoms with Crippen molar-refractivity contribution >= 4 is 29.3 Å². The SMILES string of the molecule is CCNC(=O)c1ccc(NC(=O)C(Sc2ccccc2)c2ccccc2)cc1. The predicted octanol–water partition coefficient (Wildman–Crippen LogP) is 4.91. The lowest BCUT2D eigenvalue weighted by molar-refractivity contribution is -0.115. The van der Waals surface area contributed by atoms with Crippen molar-refractivity contribution in [1.29, 1.82) is 0 Å². The molecule has 0 heterocycles. The molecule has 4 nitrogen and oxygen atoms in total. The lowest BCUT2D eigenvalue weighted by Crippen LogP contribution is -2.22. The fourth-order valence-corrected chi connectivity index (χ4v) is 3.76. The van der Waals surface area contributed by atoms with E-state index in [4.69, 9.17) is 0 Å². The molecule has 0 aliphatic rings. The molecule has 3 aromatic carbocycles. The van der Waals surface area contributed by atoms with Gasteiger partial charge in [-0.05, 0) is 48.9 Å². The van der Waals surface area contributed by atoms with Crippen molar-refractivity contribution in [2.45, 2.75) is 17.1 Å². The third-order valence-electron chi connectivity index (χ3n) is 4.09. The zero-order valence-electron chi connectivity index (χ0n) is 15.6. The van der Waals surface area contributed by atoms with E-state index >= 15 is 0 Å². The zero-order chi connectivity index (χ0) is 19.8. The Hall–Kier alpha value is -3.05. The molecule has 0 aliphatic heterocycles. The molecule has 0 saturated heterocycles. The van der Waals surface area contributed by atoms with Crippen molar-refractivity contribution in [2.75, 3.05) is 11.9 Å². The van der Waals surface area contributed by atoms with Crippen LogP contribution in [0, 0.1) is 0 Å². The molecule has 1 unspecified atom stereocenters. The first-order valence-corrected chi connectivity index (χ1v) is 10.0. The molecule has 2 N–H and O–H groups in total. The summed E-state index contributed by atoms with van der Waals surface area (Å²) >= 11 is 1.51. The quantitative estimate of drug-likeness (QED) is 0.564. The number of nitrogens with one attached hydrogen (secondary N) is 2. The highest BCUT2D eigenvalue weighted by molar-refractivity contribution is 8.00. The summed E-state index contributed by atoms with van der Waals surface area (Å²) in [7, 11) is 0. The van der Waals surface area contributed by atoms with Crippen LogP contribution in [0.15, 0.2) is 89.8 Å². The molecule has 0 aromatic heterocycles. The van der Waals surface area contributed by atoms with Crippen LogP contribution in [0.5, 0.6) is 0 Å². The summed E-state index contributed by atoms with van der Waals surface area (Å²) in [5.74, 6) is -0.229. The Kier molecular flexibility index (Phi) is 6.87. The summed E-state index contributed by atoms with van der Waals surface area (Å²) in [6.45, 7) is 2.45. The molecule has 1 atom stereocenters. The number of carbonyl (C=O) groups excluding carboxylic acids is 2. The molecule has 0 radical (unpaired) electrons. The molecule has 142 valence electrons. The topological polar surface area (TPSA) is 58.2 Å². The Bertz CT molecular complexity index is 912. The van der Waals surface area contributed by atoms with E-state index in [0.717, 1.165) is 10.5 Å². The van der Waals surface area contributed by atoms with Gasteiger partial charge in [-0.15, -0.1) is 11.8 Å². The van der Waals surface area contributed by atoms with Crippen LogP contribution < -0.4 is 10.6 Å². The van der Waals surface area contributed by atoms with Gasteiger partial charge in [0.25, 0.3) is 5.91 Å². The Morgan fingerprint density at radius 3 is 2.07 bits per heavy atom. The Balaban J connectivity index is 1.77. The minimum absolute atomic E-state index is 0.106. The number of benzene rings is 3. The Morgan fingerprint density at radius 1 is 0.857 bits per heavy atom. The van der Waals surface area contributed by atoms with Gasteiger partial charge in [0.05, 0.1) is 0 Å². The van der Waals surface area contributed by atoms with Crippen molar-refractivity contribution in [3.05, 3.63) is 96.1 Å². The summed E-state index contributed by atoms with van der Waals surface area (Å²) in [6.07, 6.45) is 0. The Labute approximate surface area is 169 Å². The largest absolute Gasteiger partial charge is 0.352 e. The number of carbonyl (C=O) groups is 2. The minimum atomic E-state index is -0.383. The fraction of sp³-hybridized carbons (Fsp3) is 0.130. The van der Waals surface area contributed by atoms with Gasteiger partial charge < -0.3 is 10.6 Å². The van der Waals surface area contributed by atoms with Crippen molar-refractivity contribution in [3.8, 4) is 0 Å². The van der Waals surface area contributed by atoms with Crippen LogP contribution in [0.1, 0.15) is 28.1 Å². The first-order chi connectivity index (χ1) is 13.7. The molecule has 28 heavy (non-hydrogen) atoms. The van der Waals surface area contributed by atoms with E-state index in [0.29, 0.717) is 17.8 Å². The Morgan fingerprint density at radius 2 is 1.46 bits per heavy atom. The summed E-state index contributed by atoms with van der Waals surface area (Å²) < 4.78 is 0. The van der Waals surface area contributed by atoms with Gasteiger partial charge in [0.15, 0.2) is 0 Å². The van der Waals surface area contributed by atoms with Crippen molar-refractivity contribution in [1.82, 2.24) is 5.32 Å². The number of anilines is 1. The predicted molar refractivity (Wildman–Crippen MR) is 115 cm³/mol. The second kappa shape index (κ2) is 9.76. The molecular formula is C23H22N2O2S. The fourth-order valence-electron chi connectivity index (χ4n) is 2.71. The van der Waals surface area contributed by atoms with Crippen LogP contribution in [-0.2, 0) is 4.79 Å². The van der Waals surface area contributed by atoms with Crippen LogP contribution in [0.2, 0.25) is 0 Å². The molecular weight excluding hydrogens is 368 g/mol. The van der Waals surface area contributed by atoms with Crippen LogP contribution >= 0.6 is 11.8 Å². The molecule has 2 amide bonds. The normalized spacial score (nSPS) is 11.5. The molecule has 0 spiro atoms. The van der Waals surface area contributed by atoms with E-state index in [2.05, 4.69) is 10.6 Å². The van der Waals surface area contributed by atoms with Gasteiger partial charge in [-0.3, -0.25) is 9.59 Å². The molecule has 5 heteroatoms. The van der Waals surface area contributed by atoms with Gasteiger partial charge in [0.1, 0.15) is 5.25 Å². The molecule has 0 saturated carbocycles. The van der Waals surface area contributed by atoms with E-state index in [1.807, 2.05) is 67.6 Å². The zero-order valence-corrected chi connectivity index (χ0v) is 16.4. The van der Waals surface area contributed by atoms with E-state index < -0.39 is 0 Å². The van der Waals surface area contributed by atoms with E-state index in [1.54, 1.807) is 24.3 Å². The van der Waals surface area contributed by atoms with Gasteiger partial charge in [0.2, 0.25) is 5.91 Å². The highest BCUT2D eigenvalue weighted by atomic mass is 32.2. The number of thioether (sulfide) groups is 1. The van der Waals surface area contributed by atoms with Gasteiger partial charge in [-0.1, -0.05) is 48.5 Å². The lowest BCUT2D eigenvalue weighted by atomic mass is 10.1. The number of hydrogen-bond acceptors (Lipinski definition) is 3. The van der Waals surface area contributed by atoms with E-state index in [1.165, 1.54) is 11.8 Å². The van der Waals surface area contributed by atoms with Gasteiger partial charge in [-0.25, -0.2) is 0 Å². The van der Waals surface area contributed by atoms with Gasteiger partial charge in [-0.2, -0.15) is 0 Å². The monoisotopic (exact) mass is 390 g/mol. The first kappa shape index (κ1) is 19.7. The summed E-state index contributed by atoms with van der Waals surface area (Å²) in [6, 6.07) is 26.5. The van der Waals surface area contributed by atoms with Crippen molar-refractivity contribution in [3.63, 3.8) is 0 Å². The molecule has 0 fully saturated rings. The van der Waals surface area contributed by atoms with E-state index in [-0.39, 0.29) is 17.1 Å². The maximum atomic E-state index is 13.0. The van der Waals surface area contributed by atoms with Crippen LogP contribution in [-0.4, -0.2) is 18.4 Å². The number of amides is 2. The van der Waals surface area contributed by atoms with Gasteiger partial charge in [0, 0.05) is 22.7 Å². The second-order valence-electron chi connectivity index (χ2n) is 6.15. The number of rotatable bonds is 7. The smallest absolute Gasteiger partial charge is 0.251 e. The third kappa shape index (κ3) is 5.24. The number of hydrogen-bond donors (Lipinski definition) is 2. The average Bonchev–Trinajstić information content (AvgIpc) is 2.74. The summed E-state index contributed by atoms with van der Waals surface area (Å²) in [4.78, 5) is 25.9. The van der Waals surface area contributed by atoms with Gasteiger partial charge >= 0.3 is 0 Å². The lowest BCUT2D eigenvalue weighted by Gasteiger charge is -2.17.